The van der Waals surface area contributed by atoms with Gasteiger partial charge in [-0.25, -0.2) is 0 Å². The molecular formula is C18H15BrO5. The van der Waals surface area contributed by atoms with Crippen LogP contribution in [0.15, 0.2) is 40.6 Å². The minimum absolute atomic E-state index is 0.0497. The first kappa shape index (κ1) is 16.4. The first-order valence-corrected chi connectivity index (χ1v) is 8.10. The molecule has 0 radical (unpaired) electrons. The normalized spacial score (nSPS) is 14.5. The molecule has 0 atom stereocenters. The minimum atomic E-state index is -0.227. The van der Waals surface area contributed by atoms with E-state index in [1.54, 1.807) is 25.3 Å². The SMILES string of the molecule is CCOc1cc(C=C2Oc3cc(O)ccc3C2=O)cc(Br)c1OC. The number of benzene rings is 2. The number of carbonyl (C=O) groups is 1. The molecule has 3 rings (SSSR count). The summed E-state index contributed by atoms with van der Waals surface area (Å²) in [5, 5.41) is 9.50. The zero-order valence-electron chi connectivity index (χ0n) is 13.1. The van der Waals surface area contributed by atoms with E-state index in [-0.39, 0.29) is 17.3 Å². The van der Waals surface area contributed by atoms with E-state index >= 15 is 0 Å². The number of allylic oxidation sites excluding steroid dienone is 1. The van der Waals surface area contributed by atoms with Gasteiger partial charge in [0.25, 0.3) is 0 Å². The number of ether oxygens (including phenoxy) is 3. The molecule has 1 aliphatic rings. The lowest BCUT2D eigenvalue weighted by atomic mass is 10.1. The van der Waals surface area contributed by atoms with E-state index in [9.17, 15) is 9.90 Å². The number of ketones is 1. The summed E-state index contributed by atoms with van der Waals surface area (Å²) in [5.41, 5.74) is 1.16. The van der Waals surface area contributed by atoms with Crippen LogP contribution in [0.25, 0.3) is 6.08 Å². The lowest BCUT2D eigenvalue weighted by Crippen LogP contribution is -1.99. The number of aromatic hydroxyl groups is 1. The monoisotopic (exact) mass is 390 g/mol. The van der Waals surface area contributed by atoms with Crippen molar-refractivity contribution in [3.8, 4) is 23.0 Å². The Morgan fingerprint density at radius 2 is 2.08 bits per heavy atom. The van der Waals surface area contributed by atoms with E-state index in [0.29, 0.717) is 33.9 Å². The maximum Gasteiger partial charge on any atom is 0.231 e. The van der Waals surface area contributed by atoms with Gasteiger partial charge in [-0.05, 0) is 58.8 Å². The van der Waals surface area contributed by atoms with E-state index in [0.717, 1.165) is 5.56 Å². The summed E-state index contributed by atoms with van der Waals surface area (Å²) in [7, 11) is 1.56. The predicted octanol–water partition coefficient (Wildman–Crippen LogP) is 4.18. The fourth-order valence-corrected chi connectivity index (χ4v) is 3.08. The van der Waals surface area contributed by atoms with Gasteiger partial charge < -0.3 is 19.3 Å². The van der Waals surface area contributed by atoms with Gasteiger partial charge in [-0.1, -0.05) is 0 Å². The van der Waals surface area contributed by atoms with Crippen LogP contribution in [0.3, 0.4) is 0 Å². The molecule has 1 heterocycles. The molecule has 0 aliphatic carbocycles. The van der Waals surface area contributed by atoms with Gasteiger partial charge in [0.1, 0.15) is 11.5 Å². The Morgan fingerprint density at radius 3 is 2.79 bits per heavy atom. The summed E-state index contributed by atoms with van der Waals surface area (Å²) in [6.45, 7) is 2.37. The second kappa shape index (κ2) is 6.57. The van der Waals surface area contributed by atoms with Crippen LogP contribution in [-0.2, 0) is 0 Å². The Labute approximate surface area is 147 Å². The highest BCUT2D eigenvalue weighted by atomic mass is 79.9. The molecule has 0 spiro atoms. The molecule has 124 valence electrons. The molecule has 5 nitrogen and oxygen atoms in total. The molecule has 0 saturated heterocycles. The number of fused-ring (bicyclic) bond motifs is 1. The van der Waals surface area contributed by atoms with Crippen molar-refractivity contribution in [1.82, 2.24) is 0 Å². The Hall–Kier alpha value is -2.47. The van der Waals surface area contributed by atoms with Crippen LogP contribution in [0.1, 0.15) is 22.8 Å². The van der Waals surface area contributed by atoms with E-state index in [4.69, 9.17) is 14.2 Å². The summed E-state index contributed by atoms with van der Waals surface area (Å²) in [4.78, 5) is 12.4. The number of halogens is 1. The van der Waals surface area contributed by atoms with Crippen LogP contribution < -0.4 is 14.2 Å². The van der Waals surface area contributed by atoms with Gasteiger partial charge in [0.05, 0.1) is 23.8 Å². The number of rotatable bonds is 4. The molecular weight excluding hydrogens is 376 g/mol. The maximum atomic E-state index is 12.4. The summed E-state index contributed by atoms with van der Waals surface area (Å²) >= 11 is 3.44. The zero-order valence-corrected chi connectivity index (χ0v) is 14.7. The van der Waals surface area contributed by atoms with Gasteiger partial charge in [0, 0.05) is 6.07 Å². The van der Waals surface area contributed by atoms with Gasteiger partial charge in [0.2, 0.25) is 5.78 Å². The first-order valence-electron chi connectivity index (χ1n) is 7.31. The van der Waals surface area contributed by atoms with Crippen LogP contribution >= 0.6 is 15.9 Å². The van der Waals surface area contributed by atoms with Crippen molar-refractivity contribution in [2.45, 2.75) is 6.92 Å². The highest BCUT2D eigenvalue weighted by molar-refractivity contribution is 9.10. The number of methoxy groups -OCH3 is 1. The Bertz CT molecular complexity index is 842. The Morgan fingerprint density at radius 1 is 1.29 bits per heavy atom. The summed E-state index contributed by atoms with van der Waals surface area (Å²) < 4.78 is 17.2. The third kappa shape index (κ3) is 2.97. The van der Waals surface area contributed by atoms with Crippen LogP contribution in [0.4, 0.5) is 0 Å². The van der Waals surface area contributed by atoms with Crippen molar-refractivity contribution in [1.29, 1.82) is 0 Å². The quantitative estimate of drug-likeness (QED) is 0.793. The lowest BCUT2D eigenvalue weighted by Gasteiger charge is -2.12. The highest BCUT2D eigenvalue weighted by Gasteiger charge is 2.27. The average molecular weight is 391 g/mol. The predicted molar refractivity (Wildman–Crippen MR) is 92.9 cm³/mol. The van der Waals surface area contributed by atoms with E-state index in [1.807, 2.05) is 13.0 Å². The minimum Gasteiger partial charge on any atom is -0.508 e. The molecule has 1 N–H and O–H groups in total. The molecule has 0 fully saturated rings. The maximum absolute atomic E-state index is 12.4. The number of phenolic OH excluding ortho intramolecular Hbond substituents is 1. The second-order valence-corrected chi connectivity index (χ2v) is 5.94. The smallest absolute Gasteiger partial charge is 0.231 e. The summed E-state index contributed by atoms with van der Waals surface area (Å²) in [6.07, 6.45) is 1.63. The third-order valence-corrected chi connectivity index (χ3v) is 4.08. The molecule has 2 aromatic rings. The number of phenols is 1. The van der Waals surface area contributed by atoms with Crippen molar-refractivity contribution < 1.29 is 24.1 Å². The fourth-order valence-electron chi connectivity index (χ4n) is 2.46. The van der Waals surface area contributed by atoms with Crippen LogP contribution in [0.2, 0.25) is 0 Å². The number of carbonyl (C=O) groups excluding carboxylic acids is 1. The van der Waals surface area contributed by atoms with Crippen molar-refractivity contribution in [3.63, 3.8) is 0 Å². The van der Waals surface area contributed by atoms with Crippen molar-refractivity contribution >= 4 is 27.8 Å². The molecule has 0 aromatic heterocycles. The molecule has 24 heavy (non-hydrogen) atoms. The average Bonchev–Trinajstić information content (AvgIpc) is 2.83. The van der Waals surface area contributed by atoms with Gasteiger partial charge >= 0.3 is 0 Å². The van der Waals surface area contributed by atoms with Gasteiger partial charge in [-0.3, -0.25) is 4.79 Å². The van der Waals surface area contributed by atoms with Gasteiger partial charge in [-0.2, -0.15) is 0 Å². The molecule has 2 aromatic carbocycles. The van der Waals surface area contributed by atoms with Gasteiger partial charge in [-0.15, -0.1) is 0 Å². The topological polar surface area (TPSA) is 65.0 Å². The number of hydrogen-bond donors (Lipinski definition) is 1. The van der Waals surface area contributed by atoms with Crippen LogP contribution in [-0.4, -0.2) is 24.6 Å². The first-order chi connectivity index (χ1) is 11.5. The van der Waals surface area contributed by atoms with Crippen molar-refractivity contribution in [2.75, 3.05) is 13.7 Å². The van der Waals surface area contributed by atoms with E-state index < -0.39 is 0 Å². The Balaban J connectivity index is 1.99. The molecule has 0 bridgehead atoms. The summed E-state index contributed by atoms with van der Waals surface area (Å²) in [5.74, 6) is 1.52. The molecule has 1 aliphatic heterocycles. The van der Waals surface area contributed by atoms with Gasteiger partial charge in [0.15, 0.2) is 17.3 Å². The molecule has 0 amide bonds. The highest BCUT2D eigenvalue weighted by Crippen LogP contribution is 2.39. The van der Waals surface area contributed by atoms with Crippen LogP contribution in [0, 0.1) is 0 Å². The number of hydrogen-bond acceptors (Lipinski definition) is 5. The number of Topliss-reactive ketones (excluding diaryl/α,β-unsaturated/α-hetero) is 1. The standard InChI is InChI=1S/C18H15BrO5/c1-3-23-16-8-10(6-13(19)18(16)22-2)7-15-17(21)12-5-4-11(20)9-14(12)24-15/h4-9,20H,3H2,1-2H3. The van der Waals surface area contributed by atoms with Crippen LogP contribution in [0.5, 0.6) is 23.0 Å². The summed E-state index contributed by atoms with van der Waals surface area (Å²) in [6, 6.07) is 8.01. The zero-order chi connectivity index (χ0) is 17.3. The third-order valence-electron chi connectivity index (χ3n) is 3.49. The molecule has 0 saturated carbocycles. The second-order valence-electron chi connectivity index (χ2n) is 5.09. The van der Waals surface area contributed by atoms with E-state index in [1.165, 1.54) is 12.1 Å². The fraction of sp³-hybridized carbons (Fsp3) is 0.167. The van der Waals surface area contributed by atoms with Crippen molar-refractivity contribution in [2.24, 2.45) is 0 Å². The molecule has 0 unspecified atom stereocenters. The molecule has 6 heteroatoms. The largest absolute Gasteiger partial charge is 0.508 e. The lowest BCUT2D eigenvalue weighted by molar-refractivity contribution is 0.101. The van der Waals surface area contributed by atoms with E-state index in [2.05, 4.69) is 15.9 Å². The Kier molecular flexibility index (Phi) is 4.49. The van der Waals surface area contributed by atoms with Crippen molar-refractivity contribution in [3.05, 3.63) is 51.7 Å².